The number of anilines is 1. The summed E-state index contributed by atoms with van der Waals surface area (Å²) in [7, 11) is 1.59. The molecule has 0 radical (unpaired) electrons. The number of carbonyl (C=O) groups excluding carboxylic acids is 1. The van der Waals surface area contributed by atoms with E-state index in [1.165, 1.54) is 23.5 Å². The Labute approximate surface area is 175 Å². The quantitative estimate of drug-likeness (QED) is 0.338. The molecule has 1 N–H and O–H groups in total. The van der Waals surface area contributed by atoms with Gasteiger partial charge in [-0.3, -0.25) is 14.9 Å². The largest absolute Gasteiger partial charge is 0.433 e. The number of hydrogen-bond acceptors (Lipinski definition) is 7. The number of ether oxygens (including phenoxy) is 1. The van der Waals surface area contributed by atoms with Crippen LogP contribution in [0, 0.1) is 17.0 Å². The normalized spacial score (nSPS) is 11.0. The van der Waals surface area contributed by atoms with Crippen molar-refractivity contribution in [3.63, 3.8) is 0 Å². The summed E-state index contributed by atoms with van der Waals surface area (Å²) in [6.45, 7) is 2.19. The van der Waals surface area contributed by atoms with E-state index in [0.29, 0.717) is 27.6 Å². The summed E-state index contributed by atoms with van der Waals surface area (Å²) in [5.41, 5.74) is 2.63. The number of nitrogens with zero attached hydrogens (tertiary/aromatic N) is 2. The lowest BCUT2D eigenvalue weighted by atomic mass is 10.1. The zero-order valence-corrected chi connectivity index (χ0v) is 17.0. The van der Waals surface area contributed by atoms with Crippen molar-refractivity contribution in [3.05, 3.63) is 75.5 Å². The first-order valence-corrected chi connectivity index (χ1v) is 9.82. The van der Waals surface area contributed by atoms with Crippen molar-refractivity contribution in [2.24, 2.45) is 0 Å². The molecule has 0 saturated heterocycles. The van der Waals surface area contributed by atoms with Crippen LogP contribution in [0.3, 0.4) is 0 Å². The summed E-state index contributed by atoms with van der Waals surface area (Å²) in [6, 6.07) is 13.5. The van der Waals surface area contributed by atoms with E-state index in [1.54, 1.807) is 31.4 Å². The van der Waals surface area contributed by atoms with Gasteiger partial charge in [0.05, 0.1) is 23.2 Å². The Morgan fingerprint density at radius 3 is 2.70 bits per heavy atom. The SMILES string of the molecule is COCc1cc(C)nc2sc(-c3ccc([N+](=O)[O-])o3)c(NC(=O)c3ccccc3)c12. The van der Waals surface area contributed by atoms with Gasteiger partial charge >= 0.3 is 5.88 Å². The van der Waals surface area contributed by atoms with E-state index >= 15 is 0 Å². The third-order valence-electron chi connectivity index (χ3n) is 4.44. The highest BCUT2D eigenvalue weighted by Gasteiger charge is 2.24. The molecule has 30 heavy (non-hydrogen) atoms. The molecule has 0 unspecified atom stereocenters. The first-order valence-electron chi connectivity index (χ1n) is 9.01. The molecule has 9 heteroatoms. The second-order valence-electron chi connectivity index (χ2n) is 6.56. The maximum Gasteiger partial charge on any atom is 0.433 e. The number of aryl methyl sites for hydroxylation is 1. The predicted octanol–water partition coefficient (Wildman–Crippen LogP) is 5.17. The Hall–Kier alpha value is -3.56. The third kappa shape index (κ3) is 3.68. The predicted molar refractivity (Wildman–Crippen MR) is 114 cm³/mol. The molecule has 0 atom stereocenters. The van der Waals surface area contributed by atoms with Crippen molar-refractivity contribution in [1.29, 1.82) is 0 Å². The van der Waals surface area contributed by atoms with Crippen molar-refractivity contribution in [1.82, 2.24) is 4.98 Å². The number of hydrogen-bond donors (Lipinski definition) is 1. The third-order valence-corrected chi connectivity index (χ3v) is 5.54. The van der Waals surface area contributed by atoms with E-state index < -0.39 is 4.92 Å². The van der Waals surface area contributed by atoms with Crippen molar-refractivity contribution in [2.75, 3.05) is 12.4 Å². The molecule has 0 aliphatic rings. The van der Waals surface area contributed by atoms with Crippen LogP contribution < -0.4 is 5.32 Å². The van der Waals surface area contributed by atoms with Crippen LogP contribution in [0.2, 0.25) is 0 Å². The lowest BCUT2D eigenvalue weighted by molar-refractivity contribution is -0.401. The van der Waals surface area contributed by atoms with Gasteiger partial charge in [0.1, 0.15) is 9.75 Å². The Balaban J connectivity index is 1.91. The zero-order valence-electron chi connectivity index (χ0n) is 16.2. The van der Waals surface area contributed by atoms with E-state index in [2.05, 4.69) is 10.3 Å². The van der Waals surface area contributed by atoms with Crippen LogP contribution in [0.1, 0.15) is 21.6 Å². The van der Waals surface area contributed by atoms with Crippen LogP contribution in [-0.4, -0.2) is 22.9 Å². The highest BCUT2D eigenvalue weighted by atomic mass is 32.1. The average molecular weight is 423 g/mol. The van der Waals surface area contributed by atoms with Gasteiger partial charge in [-0.1, -0.05) is 18.2 Å². The van der Waals surface area contributed by atoms with Gasteiger partial charge < -0.3 is 14.5 Å². The number of nitro groups is 1. The van der Waals surface area contributed by atoms with Crippen molar-refractivity contribution < 1.29 is 18.9 Å². The van der Waals surface area contributed by atoms with Crippen LogP contribution in [0.15, 0.2) is 52.9 Å². The van der Waals surface area contributed by atoms with Gasteiger partial charge in [-0.25, -0.2) is 4.98 Å². The molecular weight excluding hydrogens is 406 g/mol. The van der Waals surface area contributed by atoms with Crippen molar-refractivity contribution in [2.45, 2.75) is 13.5 Å². The molecule has 8 nitrogen and oxygen atoms in total. The molecule has 0 aliphatic carbocycles. The second kappa shape index (κ2) is 8.05. The van der Waals surface area contributed by atoms with Gasteiger partial charge in [-0.2, -0.15) is 0 Å². The Morgan fingerprint density at radius 1 is 1.27 bits per heavy atom. The van der Waals surface area contributed by atoms with E-state index in [9.17, 15) is 14.9 Å². The molecule has 1 amide bonds. The second-order valence-corrected chi connectivity index (χ2v) is 7.56. The summed E-state index contributed by atoms with van der Waals surface area (Å²) in [5, 5.41) is 14.7. The number of methoxy groups -OCH3 is 1. The fourth-order valence-electron chi connectivity index (χ4n) is 3.20. The summed E-state index contributed by atoms with van der Waals surface area (Å²) in [5.74, 6) is -0.389. The lowest BCUT2D eigenvalue weighted by Crippen LogP contribution is -2.12. The topological polar surface area (TPSA) is 108 Å². The zero-order chi connectivity index (χ0) is 21.3. The standard InChI is InChI=1S/C21H17N3O5S/c1-12-10-14(11-28-2)17-18(23-20(25)13-6-4-3-5-7-13)19(30-21(17)22-12)15-8-9-16(29-15)24(26)27/h3-10H,11H2,1-2H3,(H,23,25). The molecule has 0 bridgehead atoms. The molecular formula is C21H17N3O5S. The monoisotopic (exact) mass is 423 g/mol. The Bertz CT molecular complexity index is 1250. The summed E-state index contributed by atoms with van der Waals surface area (Å²) in [4.78, 5) is 29.2. The fourth-order valence-corrected chi connectivity index (χ4v) is 4.38. The first kappa shape index (κ1) is 19.7. The molecule has 4 aromatic rings. The number of amides is 1. The van der Waals surface area contributed by atoms with Gasteiger partial charge in [-0.05, 0) is 36.8 Å². The molecule has 0 fully saturated rings. The van der Waals surface area contributed by atoms with Gasteiger partial charge in [0.15, 0.2) is 5.76 Å². The Morgan fingerprint density at radius 2 is 2.03 bits per heavy atom. The van der Waals surface area contributed by atoms with Crippen LogP contribution >= 0.6 is 11.3 Å². The highest BCUT2D eigenvalue weighted by Crippen LogP contribution is 2.45. The maximum absolute atomic E-state index is 12.9. The molecule has 0 spiro atoms. The fraction of sp³-hybridized carbons (Fsp3) is 0.143. The van der Waals surface area contributed by atoms with Gasteiger partial charge in [0, 0.05) is 23.8 Å². The summed E-state index contributed by atoms with van der Waals surface area (Å²) < 4.78 is 10.8. The number of nitrogens with one attached hydrogen (secondary N) is 1. The van der Waals surface area contributed by atoms with Crippen LogP contribution in [-0.2, 0) is 11.3 Å². The maximum atomic E-state index is 12.9. The van der Waals surface area contributed by atoms with Crippen LogP contribution in [0.25, 0.3) is 20.9 Å². The molecule has 3 aromatic heterocycles. The number of fused-ring (bicyclic) bond motifs is 1. The molecule has 0 aliphatic heterocycles. The number of aromatic nitrogens is 1. The van der Waals surface area contributed by atoms with E-state index in [-0.39, 0.29) is 17.6 Å². The van der Waals surface area contributed by atoms with Crippen LogP contribution in [0.5, 0.6) is 0 Å². The number of rotatable bonds is 6. The number of carbonyl (C=O) groups is 1. The van der Waals surface area contributed by atoms with Crippen LogP contribution in [0.4, 0.5) is 11.6 Å². The van der Waals surface area contributed by atoms with Crippen molar-refractivity contribution >= 4 is 39.0 Å². The van der Waals surface area contributed by atoms with Crippen molar-refractivity contribution in [3.8, 4) is 10.6 Å². The summed E-state index contributed by atoms with van der Waals surface area (Å²) in [6.07, 6.45) is 0. The van der Waals surface area contributed by atoms with Gasteiger partial charge in [-0.15, -0.1) is 11.3 Å². The lowest BCUT2D eigenvalue weighted by Gasteiger charge is -2.09. The summed E-state index contributed by atoms with van der Waals surface area (Å²) >= 11 is 1.30. The highest BCUT2D eigenvalue weighted by molar-refractivity contribution is 7.22. The van der Waals surface area contributed by atoms with Gasteiger partial charge in [0.25, 0.3) is 5.91 Å². The Kier molecular flexibility index (Phi) is 5.30. The number of furan rings is 1. The molecule has 0 saturated carbocycles. The number of pyridine rings is 1. The van der Waals surface area contributed by atoms with E-state index in [0.717, 1.165) is 16.6 Å². The smallest absolute Gasteiger partial charge is 0.400 e. The molecule has 152 valence electrons. The van der Waals surface area contributed by atoms with E-state index in [4.69, 9.17) is 9.15 Å². The minimum atomic E-state index is -0.599. The average Bonchev–Trinajstić information content (AvgIpc) is 3.34. The molecule has 3 heterocycles. The number of benzene rings is 1. The molecule has 1 aromatic carbocycles. The first-order chi connectivity index (χ1) is 14.5. The van der Waals surface area contributed by atoms with E-state index in [1.807, 2.05) is 19.1 Å². The van der Waals surface area contributed by atoms with Gasteiger partial charge in [0.2, 0.25) is 0 Å². The molecule has 4 rings (SSSR count). The minimum absolute atomic E-state index is 0.286. The minimum Gasteiger partial charge on any atom is -0.400 e. The number of thiophene rings is 1.